The first kappa shape index (κ1) is 20.2. The molecule has 21 heavy (non-hydrogen) atoms. The van der Waals surface area contributed by atoms with Crippen LogP contribution in [0.3, 0.4) is 0 Å². The second kappa shape index (κ2) is 14.2. The van der Waals surface area contributed by atoms with E-state index in [9.17, 15) is 5.26 Å². The van der Waals surface area contributed by atoms with Gasteiger partial charge in [0.25, 0.3) is 0 Å². The summed E-state index contributed by atoms with van der Waals surface area (Å²) in [5, 5.41) is 9.54. The zero-order chi connectivity index (χ0) is 15.8. The average molecular weight is 292 g/mol. The van der Waals surface area contributed by atoms with E-state index in [2.05, 4.69) is 26.5 Å². The van der Waals surface area contributed by atoms with Gasteiger partial charge in [0, 0.05) is 0 Å². The first-order chi connectivity index (χ1) is 10.2. The van der Waals surface area contributed by atoms with E-state index in [0.29, 0.717) is 0 Å². The smallest absolute Gasteiger partial charge is 0.0751 e. The number of allylic oxidation sites excluding steroid dienone is 1. The highest BCUT2D eigenvalue weighted by molar-refractivity contribution is 5.09. The average Bonchev–Trinajstić information content (AvgIpc) is 2.52. The number of hydrogen-bond donors (Lipinski definition) is 0. The fraction of sp³-hybridized carbons (Fsp3) is 0.850. The fourth-order valence-electron chi connectivity index (χ4n) is 2.93. The maximum absolute atomic E-state index is 9.54. The Hall–Kier alpha value is -0.770. The zero-order valence-corrected chi connectivity index (χ0v) is 14.6. The Bertz CT molecular complexity index is 258. The van der Waals surface area contributed by atoms with Gasteiger partial charge in [-0.2, -0.15) is 5.26 Å². The first-order valence-corrected chi connectivity index (χ1v) is 9.29. The monoisotopic (exact) mass is 291 g/mol. The molecule has 0 fully saturated rings. The van der Waals surface area contributed by atoms with E-state index in [0.717, 1.165) is 12.8 Å². The van der Waals surface area contributed by atoms with Gasteiger partial charge in [-0.3, -0.25) is 0 Å². The molecule has 122 valence electrons. The van der Waals surface area contributed by atoms with Gasteiger partial charge < -0.3 is 0 Å². The summed E-state index contributed by atoms with van der Waals surface area (Å²) in [6.07, 6.45) is 19.5. The van der Waals surface area contributed by atoms with Crippen LogP contribution in [0.1, 0.15) is 104 Å². The second-order valence-electron chi connectivity index (χ2n) is 6.51. The molecule has 1 heteroatoms. The van der Waals surface area contributed by atoms with Crippen molar-refractivity contribution in [2.24, 2.45) is 5.41 Å². The zero-order valence-electron chi connectivity index (χ0n) is 14.6. The Kier molecular flexibility index (Phi) is 13.7. The van der Waals surface area contributed by atoms with Crippen LogP contribution in [0.25, 0.3) is 0 Å². The summed E-state index contributed by atoms with van der Waals surface area (Å²) in [6, 6.07) is 2.55. The molecule has 0 aromatic carbocycles. The standard InChI is InChI=1S/C20H37N/c1-4-7-9-11-13-15-17-20(6-3,19-21)18-16-14-12-10-8-5-2/h6H,3-5,7-18H2,1-2H3. The topological polar surface area (TPSA) is 23.8 Å². The lowest BCUT2D eigenvalue weighted by atomic mass is 9.79. The minimum absolute atomic E-state index is 0.254. The molecule has 0 unspecified atom stereocenters. The third kappa shape index (κ3) is 10.6. The Labute approximate surface area is 133 Å². The molecule has 0 rings (SSSR count). The van der Waals surface area contributed by atoms with Crippen LogP contribution >= 0.6 is 0 Å². The SMILES string of the molecule is C=CC(C#N)(CCCCCCCC)CCCCCCCC. The predicted octanol–water partition coefficient (Wildman–Crippen LogP) is 7.18. The third-order valence-corrected chi connectivity index (χ3v) is 4.57. The predicted molar refractivity (Wildman–Crippen MR) is 94.2 cm³/mol. The normalized spacial score (nSPS) is 11.3. The summed E-state index contributed by atoms with van der Waals surface area (Å²) in [6.45, 7) is 8.44. The Balaban J connectivity index is 3.85. The molecule has 0 amide bonds. The molecule has 0 N–H and O–H groups in total. The van der Waals surface area contributed by atoms with Crippen LogP contribution in [0, 0.1) is 16.7 Å². The van der Waals surface area contributed by atoms with Gasteiger partial charge >= 0.3 is 0 Å². The van der Waals surface area contributed by atoms with Crippen molar-refractivity contribution < 1.29 is 0 Å². The Morgan fingerprint density at radius 1 is 0.762 bits per heavy atom. The highest BCUT2D eigenvalue weighted by Crippen LogP contribution is 2.32. The quantitative estimate of drug-likeness (QED) is 0.231. The Morgan fingerprint density at radius 2 is 1.14 bits per heavy atom. The third-order valence-electron chi connectivity index (χ3n) is 4.57. The van der Waals surface area contributed by atoms with Crippen molar-refractivity contribution >= 4 is 0 Å². The largest absolute Gasteiger partial charge is 0.197 e. The van der Waals surface area contributed by atoms with E-state index in [1.807, 2.05) is 6.08 Å². The van der Waals surface area contributed by atoms with Crippen molar-refractivity contribution in [2.75, 3.05) is 0 Å². The van der Waals surface area contributed by atoms with Crippen LogP contribution in [-0.4, -0.2) is 0 Å². The minimum Gasteiger partial charge on any atom is -0.197 e. The molecule has 0 aliphatic carbocycles. The second-order valence-corrected chi connectivity index (χ2v) is 6.51. The van der Waals surface area contributed by atoms with E-state index in [1.54, 1.807) is 0 Å². The van der Waals surface area contributed by atoms with Crippen LogP contribution in [-0.2, 0) is 0 Å². The highest BCUT2D eigenvalue weighted by atomic mass is 14.4. The maximum Gasteiger partial charge on any atom is 0.0751 e. The van der Waals surface area contributed by atoms with E-state index in [1.165, 1.54) is 77.0 Å². The molecule has 1 nitrogen and oxygen atoms in total. The molecule has 0 spiro atoms. The number of hydrogen-bond acceptors (Lipinski definition) is 1. The number of rotatable bonds is 15. The van der Waals surface area contributed by atoms with Gasteiger partial charge in [-0.25, -0.2) is 0 Å². The summed E-state index contributed by atoms with van der Waals surface area (Å²) >= 11 is 0. The minimum atomic E-state index is -0.254. The lowest BCUT2D eigenvalue weighted by Gasteiger charge is -2.22. The van der Waals surface area contributed by atoms with E-state index in [4.69, 9.17) is 0 Å². The molecular weight excluding hydrogens is 254 g/mol. The number of unbranched alkanes of at least 4 members (excludes halogenated alkanes) is 10. The summed E-state index contributed by atoms with van der Waals surface area (Å²) in [5.74, 6) is 0. The molecule has 0 aromatic heterocycles. The van der Waals surface area contributed by atoms with Crippen molar-refractivity contribution in [1.82, 2.24) is 0 Å². The molecule has 0 saturated carbocycles. The summed E-state index contributed by atoms with van der Waals surface area (Å²) in [4.78, 5) is 0. The van der Waals surface area contributed by atoms with Crippen molar-refractivity contribution in [3.8, 4) is 6.07 Å². The van der Waals surface area contributed by atoms with Crippen molar-refractivity contribution in [1.29, 1.82) is 5.26 Å². The lowest BCUT2D eigenvalue weighted by Crippen LogP contribution is -2.15. The molecule has 0 aliphatic rings. The Morgan fingerprint density at radius 3 is 1.48 bits per heavy atom. The van der Waals surface area contributed by atoms with Gasteiger partial charge in [-0.1, -0.05) is 97.0 Å². The molecule has 0 aliphatic heterocycles. The van der Waals surface area contributed by atoms with Crippen LogP contribution < -0.4 is 0 Å². The van der Waals surface area contributed by atoms with Gasteiger partial charge in [0.1, 0.15) is 0 Å². The van der Waals surface area contributed by atoms with E-state index in [-0.39, 0.29) is 5.41 Å². The van der Waals surface area contributed by atoms with E-state index < -0.39 is 0 Å². The first-order valence-electron chi connectivity index (χ1n) is 9.29. The summed E-state index contributed by atoms with van der Waals surface area (Å²) in [7, 11) is 0. The number of nitrogens with zero attached hydrogens (tertiary/aromatic N) is 1. The van der Waals surface area contributed by atoms with Gasteiger partial charge in [0.05, 0.1) is 11.5 Å². The maximum atomic E-state index is 9.54. The van der Waals surface area contributed by atoms with Crippen LogP contribution in [0.5, 0.6) is 0 Å². The van der Waals surface area contributed by atoms with Crippen LogP contribution in [0.2, 0.25) is 0 Å². The van der Waals surface area contributed by atoms with Gasteiger partial charge in [-0.15, -0.1) is 6.58 Å². The number of nitriles is 1. The molecule has 0 heterocycles. The summed E-state index contributed by atoms with van der Waals surface area (Å²) in [5.41, 5.74) is -0.254. The highest BCUT2D eigenvalue weighted by Gasteiger charge is 2.24. The van der Waals surface area contributed by atoms with Gasteiger partial charge in [0.2, 0.25) is 0 Å². The molecule has 0 atom stereocenters. The molecule has 0 radical (unpaired) electrons. The van der Waals surface area contributed by atoms with Crippen molar-refractivity contribution in [2.45, 2.75) is 104 Å². The lowest BCUT2D eigenvalue weighted by molar-refractivity contribution is 0.382. The fourth-order valence-corrected chi connectivity index (χ4v) is 2.93. The van der Waals surface area contributed by atoms with Crippen LogP contribution in [0.4, 0.5) is 0 Å². The van der Waals surface area contributed by atoms with Crippen molar-refractivity contribution in [3.63, 3.8) is 0 Å². The van der Waals surface area contributed by atoms with Gasteiger partial charge in [-0.05, 0) is 12.8 Å². The van der Waals surface area contributed by atoms with Gasteiger partial charge in [0.15, 0.2) is 0 Å². The molecule has 0 bridgehead atoms. The molecular formula is C20H37N. The summed E-state index contributed by atoms with van der Waals surface area (Å²) < 4.78 is 0. The molecule has 0 aromatic rings. The van der Waals surface area contributed by atoms with E-state index >= 15 is 0 Å². The van der Waals surface area contributed by atoms with Crippen LogP contribution in [0.15, 0.2) is 12.7 Å². The van der Waals surface area contributed by atoms with Crippen molar-refractivity contribution in [3.05, 3.63) is 12.7 Å². The molecule has 0 saturated heterocycles.